The molecule has 2 aromatic rings. The second kappa shape index (κ2) is 9.22. The zero-order valence-electron chi connectivity index (χ0n) is 14.8. The Labute approximate surface area is 151 Å². The molecule has 0 saturated heterocycles. The standard InChI is InChI=1S/C19H20N2O5/c1-13(22)14-6-4-8-16(10-14)21-18(23)12-26-20-11-15-7-5-9-17(24-2)19(15)25-3/h4-11H,12H2,1-3H3,(H,21,23)/b20-11+. The first-order valence-electron chi connectivity index (χ1n) is 7.82. The number of hydrogen-bond donors (Lipinski definition) is 1. The van der Waals surface area contributed by atoms with Crippen molar-refractivity contribution in [3.05, 3.63) is 53.6 Å². The second-order valence-electron chi connectivity index (χ2n) is 5.28. The summed E-state index contributed by atoms with van der Waals surface area (Å²) in [6, 6.07) is 12.0. The number of anilines is 1. The molecule has 0 aliphatic rings. The number of rotatable bonds is 8. The molecule has 0 spiro atoms. The SMILES string of the molecule is COc1cccc(/C=N/OCC(=O)Nc2cccc(C(C)=O)c2)c1OC. The molecule has 0 saturated carbocycles. The third kappa shape index (κ3) is 5.07. The lowest BCUT2D eigenvalue weighted by atomic mass is 10.1. The fraction of sp³-hybridized carbons (Fsp3) is 0.211. The van der Waals surface area contributed by atoms with Gasteiger partial charge >= 0.3 is 0 Å². The average molecular weight is 356 g/mol. The van der Waals surface area contributed by atoms with Gasteiger partial charge in [0.05, 0.1) is 20.4 Å². The van der Waals surface area contributed by atoms with Gasteiger partial charge < -0.3 is 19.6 Å². The first-order valence-corrected chi connectivity index (χ1v) is 7.82. The van der Waals surface area contributed by atoms with Gasteiger partial charge in [0.15, 0.2) is 23.9 Å². The Balaban J connectivity index is 1.91. The molecule has 2 rings (SSSR count). The summed E-state index contributed by atoms with van der Waals surface area (Å²) in [6.45, 7) is 1.19. The van der Waals surface area contributed by atoms with Crippen LogP contribution in [0.5, 0.6) is 11.5 Å². The van der Waals surface area contributed by atoms with Crippen LogP contribution in [0.4, 0.5) is 5.69 Å². The smallest absolute Gasteiger partial charge is 0.265 e. The maximum atomic E-state index is 11.9. The van der Waals surface area contributed by atoms with Gasteiger partial charge in [-0.25, -0.2) is 0 Å². The number of benzene rings is 2. The highest BCUT2D eigenvalue weighted by molar-refractivity contribution is 5.97. The predicted molar refractivity (Wildman–Crippen MR) is 98.2 cm³/mol. The lowest BCUT2D eigenvalue weighted by molar-refractivity contribution is -0.120. The first kappa shape index (κ1) is 19.0. The molecule has 0 heterocycles. The summed E-state index contributed by atoms with van der Waals surface area (Å²) >= 11 is 0. The average Bonchev–Trinajstić information content (AvgIpc) is 2.65. The summed E-state index contributed by atoms with van der Waals surface area (Å²) < 4.78 is 10.5. The number of ketones is 1. The van der Waals surface area contributed by atoms with E-state index in [1.54, 1.807) is 49.6 Å². The Hall–Kier alpha value is -3.35. The van der Waals surface area contributed by atoms with Crippen molar-refractivity contribution in [2.75, 3.05) is 26.1 Å². The lowest BCUT2D eigenvalue weighted by Crippen LogP contribution is -2.17. The van der Waals surface area contributed by atoms with E-state index in [1.807, 2.05) is 0 Å². The number of amides is 1. The van der Waals surface area contributed by atoms with Crippen molar-refractivity contribution in [3.8, 4) is 11.5 Å². The number of carbonyl (C=O) groups is 2. The quantitative estimate of drug-likeness (QED) is 0.446. The molecule has 2 aromatic carbocycles. The van der Waals surface area contributed by atoms with Crippen LogP contribution in [-0.2, 0) is 9.63 Å². The summed E-state index contributed by atoms with van der Waals surface area (Å²) in [5.41, 5.74) is 1.69. The van der Waals surface area contributed by atoms with Crippen LogP contribution in [0, 0.1) is 0 Å². The monoisotopic (exact) mass is 356 g/mol. The topological polar surface area (TPSA) is 86.2 Å². The molecular formula is C19H20N2O5. The van der Waals surface area contributed by atoms with Crippen LogP contribution in [0.1, 0.15) is 22.8 Å². The molecule has 0 bridgehead atoms. The Bertz CT molecular complexity index is 817. The number of ether oxygens (including phenoxy) is 2. The minimum Gasteiger partial charge on any atom is -0.493 e. The van der Waals surface area contributed by atoms with E-state index in [2.05, 4.69) is 10.5 Å². The molecule has 1 amide bonds. The molecule has 0 aromatic heterocycles. The molecule has 0 aliphatic carbocycles. The van der Waals surface area contributed by atoms with Crippen molar-refractivity contribution >= 4 is 23.6 Å². The highest BCUT2D eigenvalue weighted by Gasteiger charge is 2.08. The Morgan fingerprint density at radius 3 is 2.58 bits per heavy atom. The van der Waals surface area contributed by atoms with E-state index < -0.39 is 0 Å². The number of nitrogens with zero attached hydrogens (tertiary/aromatic N) is 1. The molecule has 0 atom stereocenters. The minimum absolute atomic E-state index is 0.0748. The second-order valence-corrected chi connectivity index (χ2v) is 5.28. The molecule has 136 valence electrons. The zero-order valence-corrected chi connectivity index (χ0v) is 14.8. The van der Waals surface area contributed by atoms with Gasteiger partial charge in [-0.15, -0.1) is 0 Å². The molecule has 1 N–H and O–H groups in total. The molecule has 0 unspecified atom stereocenters. The van der Waals surface area contributed by atoms with Crippen LogP contribution >= 0.6 is 0 Å². The fourth-order valence-corrected chi connectivity index (χ4v) is 2.22. The Morgan fingerprint density at radius 2 is 1.88 bits per heavy atom. The van der Waals surface area contributed by atoms with Crippen molar-refractivity contribution < 1.29 is 23.9 Å². The van der Waals surface area contributed by atoms with E-state index in [0.29, 0.717) is 28.3 Å². The Morgan fingerprint density at radius 1 is 1.12 bits per heavy atom. The van der Waals surface area contributed by atoms with E-state index in [9.17, 15) is 9.59 Å². The molecule has 7 heteroatoms. The predicted octanol–water partition coefficient (Wildman–Crippen LogP) is 2.90. The van der Waals surface area contributed by atoms with Gasteiger partial charge in [-0.3, -0.25) is 9.59 Å². The summed E-state index contributed by atoms with van der Waals surface area (Å²) in [6.07, 6.45) is 1.44. The number of nitrogens with one attached hydrogen (secondary N) is 1. The molecule has 7 nitrogen and oxygen atoms in total. The molecule has 0 fully saturated rings. The van der Waals surface area contributed by atoms with E-state index in [-0.39, 0.29) is 18.3 Å². The van der Waals surface area contributed by atoms with Crippen LogP contribution in [-0.4, -0.2) is 38.7 Å². The highest BCUT2D eigenvalue weighted by Crippen LogP contribution is 2.29. The molecule has 26 heavy (non-hydrogen) atoms. The first-order chi connectivity index (χ1) is 12.5. The van der Waals surface area contributed by atoms with Crippen LogP contribution in [0.25, 0.3) is 0 Å². The van der Waals surface area contributed by atoms with Crippen molar-refractivity contribution in [2.24, 2.45) is 5.16 Å². The van der Waals surface area contributed by atoms with Crippen molar-refractivity contribution in [2.45, 2.75) is 6.92 Å². The number of methoxy groups -OCH3 is 2. The van der Waals surface area contributed by atoms with Crippen molar-refractivity contribution in [3.63, 3.8) is 0 Å². The third-order valence-corrected chi connectivity index (χ3v) is 3.45. The number of Topliss-reactive ketones (excluding diaryl/α,β-unsaturated/α-hetero) is 1. The largest absolute Gasteiger partial charge is 0.493 e. The van der Waals surface area contributed by atoms with Gasteiger partial charge in [-0.2, -0.15) is 0 Å². The van der Waals surface area contributed by atoms with Crippen LogP contribution < -0.4 is 14.8 Å². The summed E-state index contributed by atoms with van der Waals surface area (Å²) in [4.78, 5) is 28.3. The van der Waals surface area contributed by atoms with Crippen LogP contribution in [0.2, 0.25) is 0 Å². The highest BCUT2D eigenvalue weighted by atomic mass is 16.6. The molecule has 0 aliphatic heterocycles. The molecule has 0 radical (unpaired) electrons. The normalized spacial score (nSPS) is 10.4. The van der Waals surface area contributed by atoms with Gasteiger partial charge in [0, 0.05) is 16.8 Å². The van der Waals surface area contributed by atoms with Crippen LogP contribution in [0.3, 0.4) is 0 Å². The molecular weight excluding hydrogens is 336 g/mol. The zero-order chi connectivity index (χ0) is 18.9. The van der Waals surface area contributed by atoms with Gasteiger partial charge in [-0.1, -0.05) is 23.4 Å². The summed E-state index contributed by atoms with van der Waals surface area (Å²) in [7, 11) is 3.07. The van der Waals surface area contributed by atoms with Gasteiger partial charge in [0.1, 0.15) is 0 Å². The van der Waals surface area contributed by atoms with Gasteiger partial charge in [-0.05, 0) is 31.2 Å². The van der Waals surface area contributed by atoms with Crippen molar-refractivity contribution in [1.82, 2.24) is 0 Å². The number of para-hydroxylation sites is 1. The maximum absolute atomic E-state index is 11.9. The Kier molecular flexibility index (Phi) is 6.73. The van der Waals surface area contributed by atoms with Crippen LogP contribution in [0.15, 0.2) is 47.6 Å². The summed E-state index contributed by atoms with van der Waals surface area (Å²) in [5.74, 6) is 0.627. The minimum atomic E-state index is -0.388. The fourth-order valence-electron chi connectivity index (χ4n) is 2.22. The number of hydrogen-bond acceptors (Lipinski definition) is 6. The maximum Gasteiger partial charge on any atom is 0.265 e. The van der Waals surface area contributed by atoms with E-state index in [1.165, 1.54) is 20.2 Å². The summed E-state index contributed by atoms with van der Waals surface area (Å²) in [5, 5.41) is 6.42. The third-order valence-electron chi connectivity index (χ3n) is 3.45. The number of carbonyl (C=O) groups excluding carboxylic acids is 2. The number of oxime groups is 1. The van der Waals surface area contributed by atoms with Gasteiger partial charge in [0.25, 0.3) is 5.91 Å². The van der Waals surface area contributed by atoms with E-state index in [0.717, 1.165) is 0 Å². The van der Waals surface area contributed by atoms with Gasteiger partial charge in [0.2, 0.25) is 0 Å². The lowest BCUT2D eigenvalue weighted by Gasteiger charge is -2.09. The van der Waals surface area contributed by atoms with E-state index >= 15 is 0 Å². The van der Waals surface area contributed by atoms with Crippen molar-refractivity contribution in [1.29, 1.82) is 0 Å². The van der Waals surface area contributed by atoms with E-state index in [4.69, 9.17) is 14.3 Å².